The molecular weight excluding hydrogens is 384 g/mol. The molecule has 0 spiro atoms. The number of nitrogens with one attached hydrogen (secondary N) is 1. The highest BCUT2D eigenvalue weighted by Gasteiger charge is 2.40. The van der Waals surface area contributed by atoms with Crippen molar-refractivity contribution in [2.75, 3.05) is 18.0 Å². The first kappa shape index (κ1) is 18.8. The van der Waals surface area contributed by atoms with E-state index < -0.39 is 0 Å². The summed E-state index contributed by atoms with van der Waals surface area (Å²) < 4.78 is 1.87. The van der Waals surface area contributed by atoms with Gasteiger partial charge in [-0.1, -0.05) is 0 Å². The quantitative estimate of drug-likeness (QED) is 0.544. The molecule has 0 radical (unpaired) electrons. The molecule has 1 aliphatic carbocycles. The Morgan fingerprint density at radius 2 is 1.87 bits per heavy atom. The fraction of sp³-hybridized carbons (Fsp3) is 0.400. The molecule has 1 aromatic carbocycles. The molecule has 1 saturated carbocycles. The third-order valence-electron chi connectivity index (χ3n) is 6.80. The topological polar surface area (TPSA) is 58.9 Å². The van der Waals surface area contributed by atoms with Crippen LogP contribution in [0.15, 0.2) is 42.6 Å². The molecule has 158 valence electrons. The second-order valence-corrected chi connectivity index (χ2v) is 9.57. The highest BCUT2D eigenvalue weighted by Crippen LogP contribution is 2.36. The standard InChI is InChI=1S/C25H28N6/c1-16-12-17(13-18-14-30(3)29-24(16)18)20-4-5-22-21(26-20)6-7-23(27-22)31-11-8-19(15-31)28-25(2)9-10-25/h4-7,12-14,19,28H,8-11,15H2,1-3H3. The van der Waals surface area contributed by atoms with Gasteiger partial charge in [0.05, 0.1) is 22.2 Å². The van der Waals surface area contributed by atoms with Crippen LogP contribution < -0.4 is 10.2 Å². The first-order valence-corrected chi connectivity index (χ1v) is 11.2. The highest BCUT2D eigenvalue weighted by molar-refractivity contribution is 5.88. The monoisotopic (exact) mass is 412 g/mol. The fourth-order valence-corrected chi connectivity index (χ4v) is 4.82. The average Bonchev–Trinajstić information content (AvgIpc) is 3.12. The Labute approximate surface area is 182 Å². The van der Waals surface area contributed by atoms with Crippen LogP contribution in [0.5, 0.6) is 0 Å². The summed E-state index contributed by atoms with van der Waals surface area (Å²) >= 11 is 0. The summed E-state index contributed by atoms with van der Waals surface area (Å²) in [6.45, 7) is 6.53. The fourth-order valence-electron chi connectivity index (χ4n) is 4.82. The van der Waals surface area contributed by atoms with Crippen LogP contribution in [0.4, 0.5) is 5.82 Å². The number of benzene rings is 1. The van der Waals surface area contributed by atoms with Gasteiger partial charge < -0.3 is 10.2 Å². The van der Waals surface area contributed by atoms with Crippen molar-refractivity contribution in [3.63, 3.8) is 0 Å². The Morgan fingerprint density at radius 3 is 2.71 bits per heavy atom. The molecule has 1 saturated heterocycles. The molecule has 0 bridgehead atoms. The molecule has 2 fully saturated rings. The van der Waals surface area contributed by atoms with Gasteiger partial charge in [-0.05, 0) is 75.1 Å². The first-order chi connectivity index (χ1) is 15.0. The minimum atomic E-state index is 0.384. The summed E-state index contributed by atoms with van der Waals surface area (Å²) in [5.41, 5.74) is 6.57. The predicted molar refractivity (Wildman–Crippen MR) is 125 cm³/mol. The normalized spacial score (nSPS) is 20.1. The van der Waals surface area contributed by atoms with E-state index in [4.69, 9.17) is 9.97 Å². The van der Waals surface area contributed by atoms with E-state index >= 15 is 0 Å². The molecule has 1 aliphatic heterocycles. The predicted octanol–water partition coefficient (Wildman–Crippen LogP) is 4.21. The van der Waals surface area contributed by atoms with Gasteiger partial charge in [-0.25, -0.2) is 9.97 Å². The van der Waals surface area contributed by atoms with E-state index in [9.17, 15) is 0 Å². The summed E-state index contributed by atoms with van der Waals surface area (Å²) in [6, 6.07) is 13.3. The maximum atomic E-state index is 4.93. The van der Waals surface area contributed by atoms with Crippen molar-refractivity contribution in [1.82, 2.24) is 25.1 Å². The zero-order chi connectivity index (χ0) is 21.2. The van der Waals surface area contributed by atoms with Gasteiger partial charge in [0.2, 0.25) is 0 Å². The van der Waals surface area contributed by atoms with Gasteiger partial charge in [0.25, 0.3) is 0 Å². The number of aromatic nitrogens is 4. The maximum absolute atomic E-state index is 4.93. The van der Waals surface area contributed by atoms with E-state index in [-0.39, 0.29) is 0 Å². The Kier molecular flexibility index (Phi) is 4.09. The lowest BCUT2D eigenvalue weighted by Crippen LogP contribution is -2.40. The van der Waals surface area contributed by atoms with Crippen LogP contribution in [0, 0.1) is 6.92 Å². The van der Waals surface area contributed by atoms with Crippen LogP contribution in [-0.2, 0) is 7.05 Å². The second-order valence-electron chi connectivity index (χ2n) is 9.57. The van der Waals surface area contributed by atoms with Gasteiger partial charge >= 0.3 is 0 Å². The minimum absolute atomic E-state index is 0.384. The SMILES string of the molecule is Cc1cc(-c2ccc3nc(N4CCC(NC5(C)CC5)C4)ccc3n2)cc2cn(C)nc12. The van der Waals surface area contributed by atoms with Gasteiger partial charge in [-0.2, -0.15) is 5.10 Å². The van der Waals surface area contributed by atoms with Crippen molar-refractivity contribution >= 4 is 27.8 Å². The zero-order valence-electron chi connectivity index (χ0n) is 18.4. The summed E-state index contributed by atoms with van der Waals surface area (Å²) in [7, 11) is 1.96. The van der Waals surface area contributed by atoms with E-state index in [0.717, 1.165) is 52.1 Å². The van der Waals surface area contributed by atoms with Crippen LogP contribution in [0.1, 0.15) is 31.7 Å². The van der Waals surface area contributed by atoms with E-state index in [1.54, 1.807) is 0 Å². The number of hydrogen-bond acceptors (Lipinski definition) is 5. The molecule has 6 nitrogen and oxygen atoms in total. The molecule has 1 unspecified atom stereocenters. The number of anilines is 1. The number of aryl methyl sites for hydroxylation is 2. The second kappa shape index (κ2) is 6.76. The molecule has 0 amide bonds. The Hall–Kier alpha value is -2.99. The number of hydrogen-bond donors (Lipinski definition) is 1. The van der Waals surface area contributed by atoms with Crippen LogP contribution in [0.3, 0.4) is 0 Å². The number of fused-ring (bicyclic) bond motifs is 2. The van der Waals surface area contributed by atoms with Crippen molar-refractivity contribution in [1.29, 1.82) is 0 Å². The third kappa shape index (κ3) is 3.45. The number of nitrogens with zero attached hydrogens (tertiary/aromatic N) is 5. The molecule has 4 aromatic rings. The van der Waals surface area contributed by atoms with Crippen molar-refractivity contribution in [2.24, 2.45) is 7.05 Å². The molecule has 4 heterocycles. The largest absolute Gasteiger partial charge is 0.355 e. The number of pyridine rings is 2. The van der Waals surface area contributed by atoms with Gasteiger partial charge in [0, 0.05) is 48.9 Å². The van der Waals surface area contributed by atoms with E-state index in [2.05, 4.69) is 71.8 Å². The summed E-state index contributed by atoms with van der Waals surface area (Å²) in [6.07, 6.45) is 5.85. The minimum Gasteiger partial charge on any atom is -0.355 e. The van der Waals surface area contributed by atoms with Gasteiger partial charge in [0.1, 0.15) is 5.82 Å². The molecule has 3 aromatic heterocycles. The Morgan fingerprint density at radius 1 is 1.06 bits per heavy atom. The summed E-state index contributed by atoms with van der Waals surface area (Å²) in [5.74, 6) is 1.06. The molecule has 31 heavy (non-hydrogen) atoms. The smallest absolute Gasteiger partial charge is 0.129 e. The molecular formula is C25H28N6. The van der Waals surface area contributed by atoms with Crippen molar-refractivity contribution in [2.45, 2.75) is 44.7 Å². The Bertz CT molecular complexity index is 1300. The van der Waals surface area contributed by atoms with Gasteiger partial charge in [-0.3, -0.25) is 4.68 Å². The molecule has 2 aliphatic rings. The lowest BCUT2D eigenvalue weighted by molar-refractivity contribution is 0.455. The number of rotatable bonds is 4. The van der Waals surface area contributed by atoms with Crippen molar-refractivity contribution in [3.8, 4) is 11.3 Å². The summed E-state index contributed by atoms with van der Waals surface area (Å²) in [5, 5.41) is 9.52. The summed E-state index contributed by atoms with van der Waals surface area (Å²) in [4.78, 5) is 12.2. The molecule has 1 atom stereocenters. The highest BCUT2D eigenvalue weighted by atomic mass is 15.3. The van der Waals surface area contributed by atoms with E-state index in [1.807, 2.05) is 11.7 Å². The lowest BCUT2D eigenvalue weighted by Gasteiger charge is -2.20. The molecule has 1 N–H and O–H groups in total. The maximum Gasteiger partial charge on any atom is 0.129 e. The Balaban J connectivity index is 1.27. The van der Waals surface area contributed by atoms with Crippen molar-refractivity contribution in [3.05, 3.63) is 48.2 Å². The lowest BCUT2D eigenvalue weighted by atomic mass is 10.0. The zero-order valence-corrected chi connectivity index (χ0v) is 18.4. The van der Waals surface area contributed by atoms with Crippen LogP contribution in [-0.4, -0.2) is 44.4 Å². The molecule has 6 rings (SSSR count). The average molecular weight is 413 g/mol. The van der Waals surface area contributed by atoms with E-state index in [1.165, 1.54) is 24.8 Å². The van der Waals surface area contributed by atoms with Crippen LogP contribution >= 0.6 is 0 Å². The van der Waals surface area contributed by atoms with Crippen LogP contribution in [0.2, 0.25) is 0 Å². The first-order valence-electron chi connectivity index (χ1n) is 11.2. The van der Waals surface area contributed by atoms with Crippen LogP contribution in [0.25, 0.3) is 33.2 Å². The van der Waals surface area contributed by atoms with Gasteiger partial charge in [0.15, 0.2) is 0 Å². The van der Waals surface area contributed by atoms with Crippen molar-refractivity contribution < 1.29 is 0 Å². The van der Waals surface area contributed by atoms with E-state index in [0.29, 0.717) is 11.6 Å². The third-order valence-corrected chi connectivity index (χ3v) is 6.80. The van der Waals surface area contributed by atoms with Gasteiger partial charge in [-0.15, -0.1) is 0 Å². The molecule has 6 heteroatoms.